The topological polar surface area (TPSA) is 72.2 Å². The van der Waals surface area contributed by atoms with Crippen molar-refractivity contribution in [2.75, 3.05) is 10.5 Å². The molecule has 3 N–H and O–H groups in total. The first-order valence-corrected chi connectivity index (χ1v) is 9.08. The van der Waals surface area contributed by atoms with Gasteiger partial charge in [-0.2, -0.15) is 0 Å². The van der Waals surface area contributed by atoms with E-state index in [0.29, 0.717) is 24.7 Å². The zero-order valence-electron chi connectivity index (χ0n) is 9.15. The lowest BCUT2D eigenvalue weighted by molar-refractivity contribution is 0.603. The molecule has 0 amide bonds. The van der Waals surface area contributed by atoms with Crippen molar-refractivity contribution in [3.8, 4) is 0 Å². The van der Waals surface area contributed by atoms with E-state index in [0.717, 1.165) is 11.3 Å². The molecule has 2 aromatic rings. The second-order valence-corrected chi connectivity index (χ2v) is 9.07. The summed E-state index contributed by atoms with van der Waals surface area (Å²) in [4.78, 5) is 0. The smallest absolute Gasteiger partial charge is 0.271 e. The van der Waals surface area contributed by atoms with E-state index in [4.69, 9.17) is 17.3 Å². The average molecular weight is 447 g/mol. The third-order valence-electron chi connectivity index (χ3n) is 2.14. The monoisotopic (exact) mass is 444 g/mol. The van der Waals surface area contributed by atoms with Crippen LogP contribution in [0.3, 0.4) is 0 Å². The molecule has 9 heteroatoms. The van der Waals surface area contributed by atoms with Gasteiger partial charge in [0.2, 0.25) is 0 Å². The van der Waals surface area contributed by atoms with Crippen LogP contribution in [0.15, 0.2) is 36.7 Å². The number of thiophene rings is 1. The number of sulfonamides is 1. The summed E-state index contributed by atoms with van der Waals surface area (Å²) in [5.41, 5.74) is 6.54. The molecule has 2 rings (SSSR count). The van der Waals surface area contributed by atoms with Crippen LogP contribution in [0.4, 0.5) is 11.4 Å². The SMILES string of the molecule is Nc1cc(NS(=O)(=O)c2cc(Cl)c(Br)s2)ccc1Br. The first-order valence-electron chi connectivity index (χ1n) is 4.82. The van der Waals surface area contributed by atoms with Gasteiger partial charge in [-0.25, -0.2) is 8.42 Å². The number of halogens is 3. The van der Waals surface area contributed by atoms with E-state index in [1.54, 1.807) is 12.1 Å². The summed E-state index contributed by atoms with van der Waals surface area (Å²) in [6.07, 6.45) is 0. The summed E-state index contributed by atoms with van der Waals surface area (Å²) in [7, 11) is -3.66. The second-order valence-electron chi connectivity index (χ2n) is 3.53. The summed E-state index contributed by atoms with van der Waals surface area (Å²) in [5, 5.41) is 0.362. The molecule has 0 unspecified atom stereocenters. The molecule has 4 nitrogen and oxygen atoms in total. The summed E-state index contributed by atoms with van der Waals surface area (Å²) in [6.45, 7) is 0. The quantitative estimate of drug-likeness (QED) is 0.690. The van der Waals surface area contributed by atoms with Crippen LogP contribution in [0.25, 0.3) is 0 Å². The van der Waals surface area contributed by atoms with Crippen LogP contribution < -0.4 is 10.5 Å². The average Bonchev–Trinajstić information content (AvgIpc) is 2.65. The minimum Gasteiger partial charge on any atom is -0.398 e. The molecule has 0 fully saturated rings. The lowest BCUT2D eigenvalue weighted by Gasteiger charge is -2.07. The fraction of sp³-hybridized carbons (Fsp3) is 0. The number of anilines is 2. The van der Waals surface area contributed by atoms with Crippen LogP contribution in [0.2, 0.25) is 5.02 Å². The number of nitrogen functional groups attached to an aromatic ring is 1. The zero-order chi connectivity index (χ0) is 14.2. The van der Waals surface area contributed by atoms with Crippen LogP contribution >= 0.6 is 54.8 Å². The van der Waals surface area contributed by atoms with Gasteiger partial charge in [0.1, 0.15) is 4.21 Å². The van der Waals surface area contributed by atoms with Gasteiger partial charge in [0, 0.05) is 10.2 Å². The second kappa shape index (κ2) is 5.61. The van der Waals surface area contributed by atoms with Crippen molar-refractivity contribution in [3.05, 3.63) is 37.5 Å². The highest BCUT2D eigenvalue weighted by atomic mass is 79.9. The summed E-state index contributed by atoms with van der Waals surface area (Å²) in [6, 6.07) is 6.21. The van der Waals surface area contributed by atoms with Gasteiger partial charge in [-0.15, -0.1) is 11.3 Å². The molecule has 0 saturated heterocycles. The Bertz CT molecular complexity index is 712. The third-order valence-corrected chi connectivity index (χ3v) is 7.19. The Morgan fingerprint density at radius 1 is 1.26 bits per heavy atom. The molecule has 0 aliphatic heterocycles. The Hall–Kier alpha value is -0.280. The molecule has 0 aliphatic carbocycles. The predicted octanol–water partition coefficient (Wildman–Crippen LogP) is 4.31. The van der Waals surface area contributed by atoms with Crippen LogP contribution in [-0.2, 0) is 10.0 Å². The molecule has 0 saturated carbocycles. The molecule has 102 valence electrons. The van der Waals surface area contributed by atoms with Gasteiger partial charge >= 0.3 is 0 Å². The van der Waals surface area contributed by atoms with E-state index in [9.17, 15) is 8.42 Å². The molecule has 0 bridgehead atoms. The minimum atomic E-state index is -3.66. The molecule has 1 aromatic carbocycles. The van der Waals surface area contributed by atoms with E-state index >= 15 is 0 Å². The summed E-state index contributed by atoms with van der Waals surface area (Å²) < 4.78 is 28.1. The normalized spacial score (nSPS) is 11.5. The Morgan fingerprint density at radius 2 is 1.95 bits per heavy atom. The Balaban J connectivity index is 2.33. The first kappa shape index (κ1) is 15.1. The summed E-state index contributed by atoms with van der Waals surface area (Å²) >= 11 is 13.3. The third kappa shape index (κ3) is 3.43. The lowest BCUT2D eigenvalue weighted by atomic mass is 10.3. The minimum absolute atomic E-state index is 0.130. The molecular formula is C10H7Br2ClN2O2S2. The van der Waals surface area contributed by atoms with Crippen LogP contribution in [-0.4, -0.2) is 8.42 Å². The van der Waals surface area contributed by atoms with E-state index in [1.807, 2.05) is 0 Å². The van der Waals surface area contributed by atoms with Crippen molar-refractivity contribution in [3.63, 3.8) is 0 Å². The van der Waals surface area contributed by atoms with E-state index in [-0.39, 0.29) is 4.21 Å². The highest BCUT2D eigenvalue weighted by Gasteiger charge is 2.19. The number of benzene rings is 1. The van der Waals surface area contributed by atoms with Gasteiger partial charge in [-0.05, 0) is 56.1 Å². The number of hydrogen-bond acceptors (Lipinski definition) is 4. The fourth-order valence-electron chi connectivity index (χ4n) is 1.27. The Kier molecular flexibility index (Phi) is 4.46. The van der Waals surface area contributed by atoms with Gasteiger partial charge in [-0.1, -0.05) is 11.6 Å². The standard InChI is InChI=1S/C10H7Br2ClN2O2S2/c11-6-2-1-5(3-8(6)14)15-19(16,17)9-4-7(13)10(12)18-9/h1-4,15H,14H2. The van der Waals surface area contributed by atoms with E-state index < -0.39 is 10.0 Å². The van der Waals surface area contributed by atoms with E-state index in [1.165, 1.54) is 12.1 Å². The molecule has 1 heterocycles. The van der Waals surface area contributed by atoms with Crippen LogP contribution in [0.5, 0.6) is 0 Å². The molecule has 0 aliphatic rings. The van der Waals surface area contributed by atoms with Crippen molar-refractivity contribution >= 4 is 76.2 Å². The maximum atomic E-state index is 12.1. The molecule has 19 heavy (non-hydrogen) atoms. The van der Waals surface area contributed by atoms with Crippen LogP contribution in [0, 0.1) is 0 Å². The Labute approximate surface area is 136 Å². The maximum absolute atomic E-state index is 12.1. The van der Waals surface area contributed by atoms with Crippen molar-refractivity contribution < 1.29 is 8.42 Å². The lowest BCUT2D eigenvalue weighted by Crippen LogP contribution is -2.11. The van der Waals surface area contributed by atoms with Gasteiger partial charge in [0.25, 0.3) is 10.0 Å². The van der Waals surface area contributed by atoms with Gasteiger partial charge in [-0.3, -0.25) is 4.72 Å². The number of rotatable bonds is 3. The Morgan fingerprint density at radius 3 is 2.47 bits per heavy atom. The zero-order valence-corrected chi connectivity index (χ0v) is 14.7. The van der Waals surface area contributed by atoms with Crippen LogP contribution in [0.1, 0.15) is 0 Å². The van der Waals surface area contributed by atoms with Gasteiger partial charge < -0.3 is 5.73 Å². The van der Waals surface area contributed by atoms with Crippen molar-refractivity contribution in [1.29, 1.82) is 0 Å². The molecule has 0 spiro atoms. The van der Waals surface area contributed by atoms with Crippen molar-refractivity contribution in [1.82, 2.24) is 0 Å². The highest BCUT2D eigenvalue weighted by molar-refractivity contribution is 9.11. The summed E-state index contributed by atoms with van der Waals surface area (Å²) in [5.74, 6) is 0. The van der Waals surface area contributed by atoms with E-state index in [2.05, 4.69) is 36.6 Å². The molecule has 0 atom stereocenters. The predicted molar refractivity (Wildman–Crippen MR) is 86.4 cm³/mol. The molecular weight excluding hydrogens is 440 g/mol. The van der Waals surface area contributed by atoms with Crippen molar-refractivity contribution in [2.24, 2.45) is 0 Å². The van der Waals surface area contributed by atoms with Crippen molar-refractivity contribution in [2.45, 2.75) is 4.21 Å². The highest BCUT2D eigenvalue weighted by Crippen LogP contribution is 2.35. The fourth-order valence-corrected chi connectivity index (χ4v) is 4.97. The molecule has 1 aromatic heterocycles. The molecule has 0 radical (unpaired) electrons. The van der Waals surface area contributed by atoms with Gasteiger partial charge in [0.05, 0.1) is 14.5 Å². The largest absolute Gasteiger partial charge is 0.398 e. The number of hydrogen-bond donors (Lipinski definition) is 2. The first-order chi connectivity index (χ1) is 8.79. The number of nitrogens with two attached hydrogens (primary N) is 1. The number of nitrogens with one attached hydrogen (secondary N) is 1. The maximum Gasteiger partial charge on any atom is 0.271 e. The van der Waals surface area contributed by atoms with Gasteiger partial charge in [0.15, 0.2) is 0 Å².